The van der Waals surface area contributed by atoms with Crippen LogP contribution in [0, 0.1) is 0 Å². The molecule has 160 valence electrons. The number of nitrogens with one attached hydrogen (secondary N) is 1. The summed E-state index contributed by atoms with van der Waals surface area (Å²) >= 11 is 1.79. The number of ether oxygens (including phenoxy) is 2. The van der Waals surface area contributed by atoms with E-state index in [4.69, 9.17) is 19.4 Å². The zero-order chi connectivity index (χ0) is 21.4. The SMILES string of the molecule is COc1cc2nc(CN3CCC[C@H](c4nc5ccccc5s4)C3)[nH]c(=O)c2cc1OC. The summed E-state index contributed by atoms with van der Waals surface area (Å²) in [4.78, 5) is 27.5. The maximum atomic E-state index is 12.7. The number of benzene rings is 2. The Bertz CT molecular complexity index is 1270. The summed E-state index contributed by atoms with van der Waals surface area (Å²) in [7, 11) is 3.13. The number of piperidine rings is 1. The van der Waals surface area contributed by atoms with Crippen LogP contribution in [0.2, 0.25) is 0 Å². The standard InChI is InChI=1S/C23H24N4O3S/c1-29-18-10-15-17(11-19(18)30-2)24-21(26-22(15)28)13-27-9-5-6-14(12-27)23-25-16-7-3-4-8-20(16)31-23/h3-4,7-8,10-11,14H,5-6,9,12-13H2,1-2H3,(H,24,26,28)/t14-/m0/s1. The summed E-state index contributed by atoms with van der Waals surface area (Å²) in [5.74, 6) is 2.15. The summed E-state index contributed by atoms with van der Waals surface area (Å²) < 4.78 is 11.9. The van der Waals surface area contributed by atoms with Crippen molar-refractivity contribution in [1.29, 1.82) is 0 Å². The topological polar surface area (TPSA) is 80.3 Å². The van der Waals surface area contributed by atoms with Crippen molar-refractivity contribution in [2.24, 2.45) is 0 Å². The Labute approximate surface area is 183 Å². The molecule has 0 amide bonds. The van der Waals surface area contributed by atoms with Crippen molar-refractivity contribution in [2.45, 2.75) is 25.3 Å². The van der Waals surface area contributed by atoms with Crippen LogP contribution in [0.15, 0.2) is 41.2 Å². The molecule has 1 N–H and O–H groups in total. The molecular formula is C23H24N4O3S. The van der Waals surface area contributed by atoms with E-state index < -0.39 is 0 Å². The summed E-state index contributed by atoms with van der Waals surface area (Å²) in [6.07, 6.45) is 2.23. The minimum Gasteiger partial charge on any atom is -0.493 e. The molecule has 0 bridgehead atoms. The van der Waals surface area contributed by atoms with Crippen molar-refractivity contribution < 1.29 is 9.47 Å². The number of aromatic nitrogens is 3. The number of nitrogens with zero attached hydrogens (tertiary/aromatic N) is 3. The van der Waals surface area contributed by atoms with E-state index in [1.165, 1.54) is 9.71 Å². The Morgan fingerprint density at radius 3 is 2.74 bits per heavy atom. The number of fused-ring (bicyclic) bond motifs is 2. The fraction of sp³-hybridized carbons (Fsp3) is 0.348. The van der Waals surface area contributed by atoms with Crippen LogP contribution in [0.3, 0.4) is 0 Å². The molecule has 3 heterocycles. The Morgan fingerprint density at radius 2 is 1.94 bits per heavy atom. The van der Waals surface area contributed by atoms with Gasteiger partial charge in [-0.2, -0.15) is 0 Å². The van der Waals surface area contributed by atoms with Gasteiger partial charge in [-0.1, -0.05) is 12.1 Å². The van der Waals surface area contributed by atoms with E-state index in [2.05, 4.69) is 28.1 Å². The normalized spacial score (nSPS) is 17.3. The lowest BCUT2D eigenvalue weighted by atomic mass is 9.99. The van der Waals surface area contributed by atoms with E-state index in [-0.39, 0.29) is 5.56 Å². The molecule has 0 unspecified atom stereocenters. The molecule has 1 fully saturated rings. The Morgan fingerprint density at radius 1 is 1.13 bits per heavy atom. The largest absolute Gasteiger partial charge is 0.493 e. The van der Waals surface area contributed by atoms with Crippen LogP contribution in [0.25, 0.3) is 21.1 Å². The molecule has 31 heavy (non-hydrogen) atoms. The van der Waals surface area contributed by atoms with Gasteiger partial charge in [-0.25, -0.2) is 9.97 Å². The third kappa shape index (κ3) is 3.88. The number of likely N-dealkylation sites (tertiary alicyclic amines) is 1. The first-order chi connectivity index (χ1) is 15.1. The summed E-state index contributed by atoms with van der Waals surface area (Å²) in [5.41, 5.74) is 1.52. The number of hydrogen-bond acceptors (Lipinski definition) is 7. The van der Waals surface area contributed by atoms with Gasteiger partial charge in [0.25, 0.3) is 5.56 Å². The molecule has 0 saturated carbocycles. The van der Waals surface area contributed by atoms with Crippen molar-refractivity contribution in [2.75, 3.05) is 27.3 Å². The molecule has 0 spiro atoms. The lowest BCUT2D eigenvalue weighted by molar-refractivity contribution is 0.196. The maximum absolute atomic E-state index is 12.7. The first kappa shape index (κ1) is 20.0. The van der Waals surface area contributed by atoms with Gasteiger partial charge in [-0.05, 0) is 37.6 Å². The lowest BCUT2D eigenvalue weighted by Crippen LogP contribution is -2.35. The molecule has 0 radical (unpaired) electrons. The lowest BCUT2D eigenvalue weighted by Gasteiger charge is -2.31. The molecule has 2 aromatic heterocycles. The Kier molecular flexibility index (Phi) is 5.33. The van der Waals surface area contributed by atoms with Crippen molar-refractivity contribution in [3.63, 3.8) is 0 Å². The quantitative estimate of drug-likeness (QED) is 0.511. The number of para-hydroxylation sites is 1. The van der Waals surface area contributed by atoms with Gasteiger partial charge in [0.2, 0.25) is 0 Å². The highest BCUT2D eigenvalue weighted by molar-refractivity contribution is 7.18. The average Bonchev–Trinajstić information content (AvgIpc) is 3.23. The van der Waals surface area contributed by atoms with E-state index in [0.717, 1.165) is 31.4 Å². The average molecular weight is 437 g/mol. The second-order valence-corrected chi connectivity index (χ2v) is 8.89. The number of rotatable bonds is 5. The maximum Gasteiger partial charge on any atom is 0.258 e. The molecule has 5 rings (SSSR count). The van der Waals surface area contributed by atoms with Gasteiger partial charge in [0.15, 0.2) is 11.5 Å². The van der Waals surface area contributed by atoms with Crippen LogP contribution >= 0.6 is 11.3 Å². The highest BCUT2D eigenvalue weighted by atomic mass is 32.1. The van der Waals surface area contributed by atoms with Gasteiger partial charge in [0.05, 0.1) is 46.9 Å². The third-order valence-electron chi connectivity index (χ3n) is 5.80. The summed E-state index contributed by atoms with van der Waals surface area (Å²) in [5, 5.41) is 1.69. The molecule has 8 heteroatoms. The Hall–Kier alpha value is -2.97. The second kappa shape index (κ2) is 8.28. The number of aromatic amines is 1. The minimum atomic E-state index is -0.166. The van der Waals surface area contributed by atoms with Crippen LogP contribution in [0.5, 0.6) is 11.5 Å². The van der Waals surface area contributed by atoms with Crippen molar-refractivity contribution >= 4 is 32.5 Å². The van der Waals surface area contributed by atoms with E-state index in [9.17, 15) is 4.79 Å². The molecule has 1 saturated heterocycles. The van der Waals surface area contributed by atoms with Crippen LogP contribution < -0.4 is 15.0 Å². The molecule has 1 atom stereocenters. The number of H-pyrrole nitrogens is 1. The molecule has 1 aliphatic rings. The van der Waals surface area contributed by atoms with Gasteiger partial charge < -0.3 is 14.5 Å². The van der Waals surface area contributed by atoms with E-state index in [1.807, 2.05) is 6.07 Å². The minimum absolute atomic E-state index is 0.166. The van der Waals surface area contributed by atoms with Gasteiger partial charge in [0.1, 0.15) is 5.82 Å². The smallest absolute Gasteiger partial charge is 0.258 e. The fourth-order valence-electron chi connectivity index (χ4n) is 4.27. The van der Waals surface area contributed by atoms with Crippen molar-refractivity contribution in [1.82, 2.24) is 19.9 Å². The molecule has 4 aromatic rings. The molecule has 7 nitrogen and oxygen atoms in total. The molecule has 0 aliphatic carbocycles. The zero-order valence-corrected chi connectivity index (χ0v) is 18.4. The number of methoxy groups -OCH3 is 2. The van der Waals surface area contributed by atoms with Crippen LogP contribution in [-0.2, 0) is 6.54 Å². The summed E-state index contributed by atoms with van der Waals surface area (Å²) in [6, 6.07) is 11.7. The molecule has 2 aromatic carbocycles. The monoisotopic (exact) mass is 436 g/mol. The second-order valence-electron chi connectivity index (χ2n) is 7.83. The number of hydrogen-bond donors (Lipinski definition) is 1. The number of thiazole rings is 1. The van der Waals surface area contributed by atoms with Gasteiger partial charge in [0, 0.05) is 18.5 Å². The highest BCUT2D eigenvalue weighted by Crippen LogP contribution is 2.33. The van der Waals surface area contributed by atoms with Crippen LogP contribution in [-0.4, -0.2) is 47.2 Å². The van der Waals surface area contributed by atoms with Crippen LogP contribution in [0.4, 0.5) is 0 Å². The van der Waals surface area contributed by atoms with Crippen molar-refractivity contribution in [3.8, 4) is 11.5 Å². The molecular weight excluding hydrogens is 412 g/mol. The van der Waals surface area contributed by atoms with Crippen LogP contribution in [0.1, 0.15) is 29.6 Å². The van der Waals surface area contributed by atoms with Gasteiger partial charge in [-0.3, -0.25) is 9.69 Å². The first-order valence-corrected chi connectivity index (χ1v) is 11.2. The van der Waals surface area contributed by atoms with E-state index in [0.29, 0.717) is 40.7 Å². The summed E-state index contributed by atoms with van der Waals surface area (Å²) in [6.45, 7) is 2.49. The fourth-order valence-corrected chi connectivity index (χ4v) is 5.36. The van der Waals surface area contributed by atoms with Gasteiger partial charge in [-0.15, -0.1) is 11.3 Å². The van der Waals surface area contributed by atoms with E-state index in [1.54, 1.807) is 37.7 Å². The predicted octanol–water partition coefficient (Wildman–Crippen LogP) is 3.93. The third-order valence-corrected chi connectivity index (χ3v) is 7.00. The van der Waals surface area contributed by atoms with E-state index >= 15 is 0 Å². The van der Waals surface area contributed by atoms with Crippen molar-refractivity contribution in [3.05, 3.63) is 57.6 Å². The highest BCUT2D eigenvalue weighted by Gasteiger charge is 2.25. The van der Waals surface area contributed by atoms with Gasteiger partial charge >= 0.3 is 0 Å². The Balaban J connectivity index is 1.39. The molecule has 1 aliphatic heterocycles. The zero-order valence-electron chi connectivity index (χ0n) is 17.6. The first-order valence-electron chi connectivity index (χ1n) is 10.4. The predicted molar refractivity (Wildman–Crippen MR) is 122 cm³/mol.